The lowest BCUT2D eigenvalue weighted by atomic mass is 10.2. The van der Waals surface area contributed by atoms with Gasteiger partial charge in [0.05, 0.1) is 7.11 Å². The largest absolute Gasteiger partial charge is 0.534 e. The first-order valence-electron chi connectivity index (χ1n) is 5.98. The van der Waals surface area contributed by atoms with Crippen LogP contribution in [0.4, 0.5) is 13.2 Å². The molecule has 0 bridgehead atoms. The maximum atomic E-state index is 12.4. The van der Waals surface area contributed by atoms with Gasteiger partial charge in [-0.2, -0.15) is 21.6 Å². The molecule has 0 aromatic carbocycles. The van der Waals surface area contributed by atoms with E-state index in [1.807, 2.05) is 0 Å². The molecule has 0 saturated carbocycles. The van der Waals surface area contributed by atoms with Gasteiger partial charge in [-0.3, -0.25) is 9.36 Å². The Morgan fingerprint density at radius 1 is 1.39 bits per heavy atom. The molecule has 128 valence electrons. The van der Waals surface area contributed by atoms with E-state index in [2.05, 4.69) is 15.5 Å². The Morgan fingerprint density at radius 3 is 2.39 bits per heavy atom. The second-order valence-electron chi connectivity index (χ2n) is 4.15. The highest BCUT2D eigenvalue weighted by molar-refractivity contribution is 7.88. The summed E-state index contributed by atoms with van der Waals surface area (Å²) in [6.45, 7) is 5.19. The average Bonchev–Trinajstić information content (AvgIpc) is 2.44. The van der Waals surface area contributed by atoms with Crippen molar-refractivity contribution in [3.05, 3.63) is 34.8 Å². The maximum Gasteiger partial charge on any atom is 0.534 e. The number of nitrogens with zero attached hydrogens (tertiary/aromatic N) is 1. The van der Waals surface area contributed by atoms with E-state index in [4.69, 9.17) is 0 Å². The molecule has 0 radical (unpaired) electrons. The van der Waals surface area contributed by atoms with Gasteiger partial charge in [0, 0.05) is 18.0 Å². The van der Waals surface area contributed by atoms with E-state index in [0.29, 0.717) is 12.5 Å². The van der Waals surface area contributed by atoms with E-state index in [9.17, 15) is 31.2 Å². The molecule has 0 unspecified atom stereocenters. The molecule has 7 nitrogen and oxygen atoms in total. The number of methoxy groups -OCH3 is 1. The predicted octanol–water partition coefficient (Wildman–Crippen LogP) is 1.74. The van der Waals surface area contributed by atoms with E-state index in [1.54, 1.807) is 6.92 Å². The molecule has 11 heteroatoms. The van der Waals surface area contributed by atoms with Crippen LogP contribution < -0.4 is 9.74 Å². The van der Waals surface area contributed by atoms with Crippen LogP contribution in [0.3, 0.4) is 0 Å². The molecular formula is C12H12F3NO6S. The minimum absolute atomic E-state index is 0.227. The third-order valence-electron chi connectivity index (χ3n) is 2.65. The lowest BCUT2D eigenvalue weighted by Gasteiger charge is -2.14. The Kier molecular flexibility index (Phi) is 5.25. The van der Waals surface area contributed by atoms with Gasteiger partial charge in [0.1, 0.15) is 5.56 Å². The number of carbonyl (C=O) groups excluding carboxylic acids is 1. The molecule has 0 spiro atoms. The lowest BCUT2D eigenvalue weighted by Crippen LogP contribution is -2.30. The molecule has 0 fully saturated rings. The first kappa shape index (κ1) is 18.7. The topological polar surface area (TPSA) is 91.7 Å². The Balaban J connectivity index is 3.55. The third-order valence-corrected chi connectivity index (χ3v) is 3.62. The molecule has 1 rings (SSSR count). The van der Waals surface area contributed by atoms with Crippen LogP contribution in [-0.2, 0) is 14.9 Å². The quantitative estimate of drug-likeness (QED) is 0.454. The molecule has 0 atom stereocenters. The zero-order valence-corrected chi connectivity index (χ0v) is 12.8. The van der Waals surface area contributed by atoms with Gasteiger partial charge in [0.15, 0.2) is 5.75 Å². The van der Waals surface area contributed by atoms with Gasteiger partial charge >= 0.3 is 21.6 Å². The zero-order chi connectivity index (χ0) is 18.0. The Morgan fingerprint density at radius 2 is 1.96 bits per heavy atom. The van der Waals surface area contributed by atoms with Crippen molar-refractivity contribution >= 4 is 21.8 Å². The van der Waals surface area contributed by atoms with E-state index >= 15 is 0 Å². The second kappa shape index (κ2) is 6.44. The summed E-state index contributed by atoms with van der Waals surface area (Å²) in [6, 6.07) is 0.441. The lowest BCUT2D eigenvalue weighted by molar-refractivity contribution is -0.0500. The molecule has 0 aliphatic carbocycles. The normalized spacial score (nSPS) is 11.9. The zero-order valence-electron chi connectivity index (χ0n) is 12.0. The molecule has 23 heavy (non-hydrogen) atoms. The fourth-order valence-electron chi connectivity index (χ4n) is 1.43. The number of rotatable bonds is 5. The molecule has 0 saturated heterocycles. The molecular weight excluding hydrogens is 343 g/mol. The number of carbonyl (C=O) groups is 1. The summed E-state index contributed by atoms with van der Waals surface area (Å²) < 4.78 is 68.3. The highest BCUT2D eigenvalue weighted by Gasteiger charge is 2.49. The first-order chi connectivity index (χ1) is 10.4. The van der Waals surface area contributed by atoms with Crippen LogP contribution >= 0.6 is 0 Å². The number of halogens is 3. The standard InChI is InChI=1S/C12H12F3NO6S/c1-4-7(2)16-6-8(11(18)21-3)9(5-10(16)17)22-23(19,20)12(13,14)15/h5-6H,2,4H2,1,3H3. The smallest absolute Gasteiger partial charge is 0.465 e. The molecule has 0 aliphatic heterocycles. The molecule has 0 aliphatic rings. The van der Waals surface area contributed by atoms with Gasteiger partial charge in [-0.1, -0.05) is 13.5 Å². The van der Waals surface area contributed by atoms with Crippen LogP contribution in [0.25, 0.3) is 5.70 Å². The van der Waals surface area contributed by atoms with Crippen LogP contribution in [0.1, 0.15) is 23.7 Å². The monoisotopic (exact) mass is 355 g/mol. The van der Waals surface area contributed by atoms with Crippen molar-refractivity contribution < 1.29 is 35.3 Å². The van der Waals surface area contributed by atoms with Crippen LogP contribution in [0.15, 0.2) is 23.6 Å². The van der Waals surface area contributed by atoms with Crippen molar-refractivity contribution in [1.82, 2.24) is 4.57 Å². The van der Waals surface area contributed by atoms with Gasteiger partial charge in [0.25, 0.3) is 5.56 Å². The SMILES string of the molecule is C=C(CC)n1cc(C(=O)OC)c(OS(=O)(=O)C(F)(F)F)cc1=O. The molecule has 1 aromatic rings. The Hall–Kier alpha value is -2.30. The fourth-order valence-corrected chi connectivity index (χ4v) is 1.90. The van der Waals surface area contributed by atoms with Crippen molar-refractivity contribution in [3.8, 4) is 5.75 Å². The summed E-state index contributed by atoms with van der Waals surface area (Å²) in [5, 5.41) is 0. The summed E-state index contributed by atoms with van der Waals surface area (Å²) in [4.78, 5) is 23.5. The number of aromatic nitrogens is 1. The molecule has 0 amide bonds. The maximum absolute atomic E-state index is 12.4. The Bertz CT molecular complexity index is 794. The van der Waals surface area contributed by atoms with Crippen molar-refractivity contribution in [2.75, 3.05) is 7.11 Å². The van der Waals surface area contributed by atoms with Gasteiger partial charge in [-0.05, 0) is 6.42 Å². The van der Waals surface area contributed by atoms with Crippen molar-refractivity contribution in [1.29, 1.82) is 0 Å². The van der Waals surface area contributed by atoms with Crippen LogP contribution in [-0.4, -0.2) is 31.6 Å². The van der Waals surface area contributed by atoms with Crippen molar-refractivity contribution in [2.24, 2.45) is 0 Å². The average molecular weight is 355 g/mol. The van der Waals surface area contributed by atoms with Gasteiger partial charge in [-0.15, -0.1) is 0 Å². The van der Waals surface area contributed by atoms with Crippen LogP contribution in [0.5, 0.6) is 5.75 Å². The van der Waals surface area contributed by atoms with Crippen LogP contribution in [0.2, 0.25) is 0 Å². The minimum Gasteiger partial charge on any atom is -0.465 e. The predicted molar refractivity (Wildman–Crippen MR) is 73.3 cm³/mol. The Labute approximate surface area is 129 Å². The molecule has 1 heterocycles. The summed E-state index contributed by atoms with van der Waals surface area (Å²) in [5.41, 5.74) is -7.08. The summed E-state index contributed by atoms with van der Waals surface area (Å²) in [7, 11) is -5.12. The van der Waals surface area contributed by atoms with Gasteiger partial charge in [-0.25, -0.2) is 4.79 Å². The van der Waals surface area contributed by atoms with Crippen LogP contribution in [0, 0.1) is 0 Å². The summed E-state index contributed by atoms with van der Waals surface area (Å²) >= 11 is 0. The number of alkyl halides is 3. The van der Waals surface area contributed by atoms with E-state index in [0.717, 1.165) is 17.9 Å². The van der Waals surface area contributed by atoms with Crippen molar-refractivity contribution in [2.45, 2.75) is 18.9 Å². The number of hydrogen-bond acceptors (Lipinski definition) is 6. The highest BCUT2D eigenvalue weighted by atomic mass is 32.2. The molecule has 0 N–H and O–H groups in total. The van der Waals surface area contributed by atoms with E-state index in [-0.39, 0.29) is 5.70 Å². The third kappa shape index (κ3) is 3.92. The van der Waals surface area contributed by atoms with Gasteiger partial charge in [0.2, 0.25) is 0 Å². The summed E-state index contributed by atoms with van der Waals surface area (Å²) in [5.74, 6) is -2.27. The second-order valence-corrected chi connectivity index (χ2v) is 5.69. The first-order valence-corrected chi connectivity index (χ1v) is 7.39. The number of hydrogen-bond donors (Lipinski definition) is 0. The fraction of sp³-hybridized carbons (Fsp3) is 0.333. The van der Waals surface area contributed by atoms with Gasteiger partial charge < -0.3 is 8.92 Å². The number of esters is 1. The number of allylic oxidation sites excluding steroid dienone is 1. The molecule has 1 aromatic heterocycles. The minimum atomic E-state index is -6.05. The highest BCUT2D eigenvalue weighted by Crippen LogP contribution is 2.28. The van der Waals surface area contributed by atoms with Crippen molar-refractivity contribution in [3.63, 3.8) is 0 Å². The van der Waals surface area contributed by atoms with E-state index in [1.165, 1.54) is 0 Å². The summed E-state index contributed by atoms with van der Waals surface area (Å²) in [6.07, 6.45) is 1.10. The van der Waals surface area contributed by atoms with E-state index < -0.39 is 38.5 Å². The number of ether oxygens (including phenoxy) is 1. The number of pyridine rings is 1.